The second-order valence-electron chi connectivity index (χ2n) is 19.6. The molecule has 2 saturated carbocycles. The van der Waals surface area contributed by atoms with E-state index in [0.717, 1.165) is 98.6 Å². The maximum Gasteiger partial charge on any atom is 1.00 e. The number of methoxy groups -OCH3 is 1. The predicted octanol–water partition coefficient (Wildman–Crippen LogP) is 2.83. The van der Waals surface area contributed by atoms with Crippen LogP contribution in [0.5, 0.6) is 0 Å². The van der Waals surface area contributed by atoms with Gasteiger partial charge in [-0.25, -0.2) is 8.78 Å². The molecule has 4 fully saturated rings. The molecule has 0 bridgehead atoms. The zero-order valence-corrected chi connectivity index (χ0v) is 43.2. The number of hydrogen-bond donors (Lipinski definition) is 1. The predicted molar refractivity (Wildman–Crippen MR) is 247 cm³/mol. The number of halogens is 4. The van der Waals surface area contributed by atoms with Crippen LogP contribution in [0.2, 0.25) is 10.0 Å². The molecule has 0 radical (unpaired) electrons. The Balaban J connectivity index is 0.000000198. The van der Waals surface area contributed by atoms with Crippen molar-refractivity contribution in [1.82, 2.24) is 39.2 Å². The Labute approximate surface area is 433 Å². The first-order valence-corrected chi connectivity index (χ1v) is 24.1. The van der Waals surface area contributed by atoms with Gasteiger partial charge in [-0.2, -0.15) is 10.2 Å². The van der Waals surface area contributed by atoms with Gasteiger partial charge in [0, 0.05) is 60.4 Å². The number of rotatable bonds is 10. The average molecular weight is 1000 g/mol. The van der Waals surface area contributed by atoms with Crippen LogP contribution in [0.4, 0.5) is 8.78 Å². The number of aromatic nitrogens is 4. The van der Waals surface area contributed by atoms with Crippen molar-refractivity contribution in [3.63, 3.8) is 0 Å². The van der Waals surface area contributed by atoms with Crippen LogP contribution >= 0.6 is 23.2 Å². The van der Waals surface area contributed by atoms with Crippen LogP contribution in [0.15, 0.2) is 36.4 Å². The number of hydrogen-bond acceptors (Lipinski definition) is 10. The van der Waals surface area contributed by atoms with Gasteiger partial charge in [0.15, 0.2) is 0 Å². The van der Waals surface area contributed by atoms with E-state index < -0.39 is 5.97 Å². The van der Waals surface area contributed by atoms with E-state index in [1.807, 2.05) is 33.0 Å². The minimum Gasteiger partial charge on any atom is -0.870 e. The molecule has 10 rings (SSSR count). The van der Waals surface area contributed by atoms with Crippen molar-refractivity contribution in [1.29, 1.82) is 0 Å². The summed E-state index contributed by atoms with van der Waals surface area (Å²) in [5.74, 6) is 0.136. The van der Waals surface area contributed by atoms with Gasteiger partial charge in [-0.15, -0.1) is 0 Å². The van der Waals surface area contributed by atoms with Crippen LogP contribution in [-0.2, 0) is 62.9 Å². The number of ether oxygens (including phenoxy) is 1. The summed E-state index contributed by atoms with van der Waals surface area (Å²) in [6.07, 6.45) is 4.64. The number of carbonyl (C=O) groups is 4. The molecule has 2 aliphatic carbocycles. The zero-order chi connectivity index (χ0) is 47.3. The molecule has 20 heteroatoms. The van der Waals surface area contributed by atoms with Crippen molar-refractivity contribution in [2.75, 3.05) is 59.5 Å². The van der Waals surface area contributed by atoms with Crippen molar-refractivity contribution in [3.8, 4) is 0 Å². The monoisotopic (exact) mass is 1000 g/mol. The molecule has 2 N–H and O–H groups in total. The van der Waals surface area contributed by atoms with Crippen LogP contribution in [0.25, 0.3) is 0 Å². The molecule has 15 nitrogen and oxygen atoms in total. The van der Waals surface area contributed by atoms with E-state index in [4.69, 9.17) is 27.9 Å². The molecule has 2 aromatic carbocycles. The van der Waals surface area contributed by atoms with E-state index in [1.165, 1.54) is 19.2 Å². The van der Waals surface area contributed by atoms with E-state index in [0.29, 0.717) is 97.2 Å². The summed E-state index contributed by atoms with van der Waals surface area (Å²) >= 11 is 11.8. The van der Waals surface area contributed by atoms with Gasteiger partial charge in [-0.1, -0.05) is 35.3 Å². The van der Waals surface area contributed by atoms with Crippen molar-refractivity contribution >= 4 is 47.0 Å². The number of carbonyl (C=O) groups excluding carboxylic acids is 3. The second-order valence-corrected chi connectivity index (χ2v) is 20.4. The number of aryl methyl sites for hydroxylation is 2. The molecule has 4 aromatic rings. The molecule has 4 unspecified atom stereocenters. The van der Waals surface area contributed by atoms with Crippen molar-refractivity contribution in [2.24, 2.45) is 35.5 Å². The average Bonchev–Trinajstić information content (AvgIpc) is 4.15. The van der Waals surface area contributed by atoms with Crippen LogP contribution in [0.3, 0.4) is 0 Å². The quantitative estimate of drug-likeness (QED) is 0.183. The van der Waals surface area contributed by atoms with Crippen LogP contribution < -0.4 is 29.6 Å². The molecule has 2 saturated heterocycles. The fourth-order valence-corrected chi connectivity index (χ4v) is 12.2. The number of nitrogens with zero attached hydrogens (tertiary/aromatic N) is 8. The third-order valence-electron chi connectivity index (χ3n) is 15.3. The van der Waals surface area contributed by atoms with Crippen LogP contribution in [0, 0.1) is 61.0 Å². The maximum absolute atomic E-state index is 14.4. The van der Waals surface area contributed by atoms with Gasteiger partial charge in [0.1, 0.15) is 11.6 Å². The van der Waals surface area contributed by atoms with Gasteiger partial charge >= 0.3 is 41.5 Å². The summed E-state index contributed by atoms with van der Waals surface area (Å²) in [6, 6.07) is 9.32. The van der Waals surface area contributed by atoms with Gasteiger partial charge in [-0.3, -0.25) is 38.3 Å². The third-order valence-corrected chi connectivity index (χ3v) is 15.8. The normalized spacial score (nSPS) is 23.8. The van der Waals surface area contributed by atoms with Crippen LogP contribution in [-0.4, -0.2) is 133 Å². The topological polar surface area (TPSA) is 176 Å². The summed E-state index contributed by atoms with van der Waals surface area (Å²) in [5, 5.41) is 19.3. The first-order valence-electron chi connectivity index (χ1n) is 23.4. The summed E-state index contributed by atoms with van der Waals surface area (Å²) in [6.45, 7) is 10.8. The molecule has 0 spiro atoms. The summed E-state index contributed by atoms with van der Waals surface area (Å²) in [7, 11) is 1.45. The second kappa shape index (κ2) is 22.2. The first kappa shape index (κ1) is 52.9. The molecule has 69 heavy (non-hydrogen) atoms. The van der Waals surface area contributed by atoms with Gasteiger partial charge in [0.25, 0.3) is 0 Å². The molecule has 4 atom stereocenters. The zero-order valence-electron chi connectivity index (χ0n) is 39.7. The standard InChI is InChI=1S/C25H30ClFN4O3.C24H28ClFN4O3.Na.H2O/c1-15-21-5-6-30(13-23(21)31(28-15)12-16-3-4-20(26)9-22(16)27)24(32)14-29-10-18-7-17(25(33)34-2)8-19(18)11-29;1-14-20-4-5-29(12-22(20)30(27-14)11-15-2-3-19(25)8-21(15)26)23(31)13-28-9-17-6-16(24(32)33)7-18(17)10-28;;/h3-4,9,17-19H,5-8,10-14H2,1-2H3;2-3,8,16-18H,4-7,9-13H2,1H3,(H,32,33);;1H2/q;;+1;/p-1. The number of esters is 1. The Morgan fingerprint density at radius 3 is 1.43 bits per heavy atom. The minimum atomic E-state index is -0.693. The Morgan fingerprint density at radius 1 is 0.681 bits per heavy atom. The summed E-state index contributed by atoms with van der Waals surface area (Å²) < 4.78 is 37.3. The van der Waals surface area contributed by atoms with Crippen LogP contribution in [0.1, 0.15) is 70.7 Å². The fraction of sp³-hybridized carbons (Fsp3) is 0.551. The molecular weight excluding hydrogens is 944 g/mol. The Kier molecular flexibility index (Phi) is 17.0. The van der Waals surface area contributed by atoms with Gasteiger partial charge in [0.05, 0.1) is 81.0 Å². The number of fused-ring (bicyclic) bond motifs is 4. The Morgan fingerprint density at radius 2 is 1.07 bits per heavy atom. The smallest absolute Gasteiger partial charge is 0.870 e. The van der Waals surface area contributed by atoms with Crippen molar-refractivity contribution in [2.45, 2.75) is 78.6 Å². The minimum absolute atomic E-state index is 0. The number of amides is 2. The van der Waals surface area contributed by atoms with E-state index in [2.05, 4.69) is 20.0 Å². The van der Waals surface area contributed by atoms with Gasteiger partial charge in [0.2, 0.25) is 11.8 Å². The van der Waals surface area contributed by atoms with Gasteiger partial charge < -0.3 is 25.1 Å². The molecular formula is C49H59Cl2F2N8NaO7. The number of carboxylic acids is 1. The van der Waals surface area contributed by atoms with E-state index >= 15 is 0 Å². The third kappa shape index (κ3) is 11.6. The van der Waals surface area contributed by atoms with Crippen molar-refractivity contribution in [3.05, 3.63) is 103 Å². The SMILES string of the molecule is COC(=O)C1CC2CN(CC(=O)N3CCc4c(C)nn(Cc5ccc(Cl)cc5F)c4C3)CC2C1.Cc1nn(Cc2ccc(Cl)cc2F)c2c1CCN(C(=O)CN1CC3CC(C(=O)O)CC3C1)C2.[Na+].[OH-]. The number of benzene rings is 2. The Hall–Kier alpha value is -3.94. The molecule has 2 amide bonds. The van der Waals surface area contributed by atoms with Gasteiger partial charge in [-0.05, 0) is 111 Å². The fourth-order valence-electron chi connectivity index (χ4n) is 11.9. The first-order chi connectivity index (χ1) is 32.1. The molecule has 366 valence electrons. The molecule has 4 aliphatic heterocycles. The number of aliphatic carboxylic acids is 1. The largest absolute Gasteiger partial charge is 1.00 e. The van der Waals surface area contributed by atoms with E-state index in [1.54, 1.807) is 24.3 Å². The maximum atomic E-state index is 14.4. The van der Waals surface area contributed by atoms with Crippen molar-refractivity contribution < 1.29 is 72.8 Å². The number of carboxylic acid groups (broad SMARTS) is 1. The summed E-state index contributed by atoms with van der Waals surface area (Å²) in [5.41, 5.74) is 7.13. The Bertz CT molecular complexity index is 2550. The van der Waals surface area contributed by atoms with E-state index in [9.17, 15) is 33.1 Å². The molecule has 2 aromatic heterocycles. The molecule has 6 heterocycles. The van der Waals surface area contributed by atoms with E-state index in [-0.39, 0.29) is 76.3 Å². The number of likely N-dealkylation sites (tertiary alicyclic amines) is 2. The summed E-state index contributed by atoms with van der Waals surface area (Å²) in [4.78, 5) is 57.6. The molecule has 6 aliphatic rings.